The summed E-state index contributed by atoms with van der Waals surface area (Å²) in [6, 6.07) is 29.5. The van der Waals surface area contributed by atoms with Gasteiger partial charge in [-0.05, 0) is 48.6 Å². The summed E-state index contributed by atoms with van der Waals surface area (Å²) in [7, 11) is 0. The number of nitrogens with two attached hydrogens (primary N) is 1. The molecular formula is C30H36N2O2. The standard InChI is InChI=1S/C30H36N2O2/c31-30(33)26-16-10-19-28(22-26)34-21-11-20-32(27-17-8-3-9-18-27)23-29(24-12-4-1-5-13-24)25-14-6-2-7-15-25/h1-2,4-7,10,12-16,19,22,27,29H,3,8-9,11,17-18,20-21,23H2,(H2,31,33). The molecule has 0 bridgehead atoms. The molecule has 0 unspecified atom stereocenters. The van der Waals surface area contributed by atoms with Crippen LogP contribution in [0.1, 0.15) is 65.9 Å². The maximum Gasteiger partial charge on any atom is 0.248 e. The number of hydrogen-bond acceptors (Lipinski definition) is 3. The Morgan fingerprint density at radius 2 is 1.53 bits per heavy atom. The summed E-state index contributed by atoms with van der Waals surface area (Å²) >= 11 is 0. The molecule has 0 aromatic heterocycles. The molecule has 0 saturated heterocycles. The summed E-state index contributed by atoms with van der Waals surface area (Å²) in [6.45, 7) is 2.62. The van der Waals surface area contributed by atoms with Crippen molar-refractivity contribution in [2.24, 2.45) is 5.73 Å². The van der Waals surface area contributed by atoms with Crippen molar-refractivity contribution < 1.29 is 9.53 Å². The molecule has 1 fully saturated rings. The topological polar surface area (TPSA) is 55.6 Å². The smallest absolute Gasteiger partial charge is 0.248 e. The van der Waals surface area contributed by atoms with E-state index in [9.17, 15) is 4.79 Å². The monoisotopic (exact) mass is 456 g/mol. The maximum atomic E-state index is 11.4. The third-order valence-electron chi connectivity index (χ3n) is 6.89. The first-order valence-corrected chi connectivity index (χ1v) is 12.6. The van der Waals surface area contributed by atoms with Crippen molar-refractivity contribution in [3.8, 4) is 5.75 Å². The van der Waals surface area contributed by atoms with Crippen molar-refractivity contribution in [1.29, 1.82) is 0 Å². The summed E-state index contributed by atoms with van der Waals surface area (Å²) in [5.41, 5.74) is 8.62. The van der Waals surface area contributed by atoms with Gasteiger partial charge in [-0.25, -0.2) is 0 Å². The molecule has 4 nitrogen and oxygen atoms in total. The second-order valence-corrected chi connectivity index (χ2v) is 9.25. The lowest BCUT2D eigenvalue weighted by Gasteiger charge is -2.37. The lowest BCUT2D eigenvalue weighted by molar-refractivity contribution is 0.0999. The van der Waals surface area contributed by atoms with Crippen LogP contribution < -0.4 is 10.5 Å². The van der Waals surface area contributed by atoms with E-state index in [0.717, 1.165) is 19.5 Å². The van der Waals surface area contributed by atoms with E-state index in [1.807, 2.05) is 12.1 Å². The van der Waals surface area contributed by atoms with Crippen molar-refractivity contribution in [3.05, 3.63) is 102 Å². The quantitative estimate of drug-likeness (QED) is 0.359. The van der Waals surface area contributed by atoms with Gasteiger partial charge in [0.05, 0.1) is 6.61 Å². The van der Waals surface area contributed by atoms with Gasteiger partial charge in [0, 0.05) is 30.6 Å². The van der Waals surface area contributed by atoms with Gasteiger partial charge in [-0.15, -0.1) is 0 Å². The zero-order valence-corrected chi connectivity index (χ0v) is 19.9. The van der Waals surface area contributed by atoms with Crippen molar-refractivity contribution in [3.63, 3.8) is 0 Å². The molecule has 4 rings (SSSR count). The fourth-order valence-electron chi connectivity index (χ4n) is 5.07. The molecular weight excluding hydrogens is 420 g/mol. The second kappa shape index (κ2) is 12.4. The molecule has 1 amide bonds. The van der Waals surface area contributed by atoms with Gasteiger partial charge in [-0.2, -0.15) is 0 Å². The van der Waals surface area contributed by atoms with Gasteiger partial charge in [-0.3, -0.25) is 9.69 Å². The zero-order chi connectivity index (χ0) is 23.6. The van der Waals surface area contributed by atoms with E-state index in [1.54, 1.807) is 12.1 Å². The predicted octanol–water partition coefficient (Wildman–Crippen LogP) is 6.02. The molecule has 0 atom stereocenters. The van der Waals surface area contributed by atoms with Crippen molar-refractivity contribution in [2.75, 3.05) is 19.7 Å². The second-order valence-electron chi connectivity index (χ2n) is 9.25. The molecule has 3 aromatic carbocycles. The summed E-state index contributed by atoms with van der Waals surface area (Å²) < 4.78 is 5.97. The highest BCUT2D eigenvalue weighted by molar-refractivity contribution is 5.93. The van der Waals surface area contributed by atoms with Crippen LogP contribution in [0.15, 0.2) is 84.9 Å². The van der Waals surface area contributed by atoms with E-state index in [2.05, 4.69) is 65.6 Å². The third kappa shape index (κ3) is 6.71. The first-order chi connectivity index (χ1) is 16.7. The number of carbonyl (C=O) groups excluding carboxylic acids is 1. The normalized spacial score (nSPS) is 14.4. The number of hydrogen-bond donors (Lipinski definition) is 1. The van der Waals surface area contributed by atoms with Crippen LogP contribution >= 0.6 is 0 Å². The Hall–Kier alpha value is -3.11. The number of nitrogens with zero attached hydrogens (tertiary/aromatic N) is 1. The molecule has 2 N–H and O–H groups in total. The molecule has 0 spiro atoms. The Kier molecular flexibility index (Phi) is 8.75. The van der Waals surface area contributed by atoms with Crippen LogP contribution in [-0.2, 0) is 0 Å². The molecule has 1 saturated carbocycles. The Morgan fingerprint density at radius 1 is 0.882 bits per heavy atom. The number of rotatable bonds is 11. The Morgan fingerprint density at radius 3 is 2.15 bits per heavy atom. The zero-order valence-electron chi connectivity index (χ0n) is 19.9. The van der Waals surface area contributed by atoms with E-state index in [0.29, 0.717) is 29.9 Å². The fourth-order valence-corrected chi connectivity index (χ4v) is 5.07. The van der Waals surface area contributed by atoms with Crippen molar-refractivity contribution in [1.82, 2.24) is 4.90 Å². The van der Waals surface area contributed by atoms with Crippen LogP contribution in [0.2, 0.25) is 0 Å². The van der Waals surface area contributed by atoms with Crippen LogP contribution in [0.3, 0.4) is 0 Å². The van der Waals surface area contributed by atoms with Gasteiger partial charge in [-0.1, -0.05) is 86.0 Å². The van der Waals surface area contributed by atoms with Crippen molar-refractivity contribution in [2.45, 2.75) is 50.5 Å². The van der Waals surface area contributed by atoms with Gasteiger partial charge in [0.1, 0.15) is 5.75 Å². The minimum absolute atomic E-state index is 0.345. The van der Waals surface area contributed by atoms with Gasteiger partial charge >= 0.3 is 0 Å². The molecule has 0 aliphatic heterocycles. The van der Waals surface area contributed by atoms with Crippen LogP contribution in [0.5, 0.6) is 5.75 Å². The molecule has 3 aromatic rings. The van der Waals surface area contributed by atoms with Gasteiger partial charge < -0.3 is 10.5 Å². The predicted molar refractivity (Wildman–Crippen MR) is 138 cm³/mol. The van der Waals surface area contributed by atoms with Crippen LogP contribution in [-0.4, -0.2) is 36.5 Å². The highest BCUT2D eigenvalue weighted by atomic mass is 16.5. The number of primary amides is 1. The lowest BCUT2D eigenvalue weighted by Crippen LogP contribution is -2.40. The average molecular weight is 457 g/mol. The number of benzene rings is 3. The van der Waals surface area contributed by atoms with E-state index in [1.165, 1.54) is 43.2 Å². The minimum atomic E-state index is -0.429. The summed E-state index contributed by atoms with van der Waals surface area (Å²) in [6.07, 6.45) is 7.48. The lowest BCUT2D eigenvalue weighted by atomic mass is 9.88. The van der Waals surface area contributed by atoms with Crippen LogP contribution in [0, 0.1) is 0 Å². The minimum Gasteiger partial charge on any atom is -0.494 e. The first kappa shape index (κ1) is 24.0. The Labute approximate surface area is 203 Å². The summed E-state index contributed by atoms with van der Waals surface area (Å²) in [5, 5.41) is 0. The van der Waals surface area contributed by atoms with E-state index >= 15 is 0 Å². The average Bonchev–Trinajstić information content (AvgIpc) is 2.90. The number of carbonyl (C=O) groups is 1. The molecule has 34 heavy (non-hydrogen) atoms. The Balaban J connectivity index is 1.44. The first-order valence-electron chi connectivity index (χ1n) is 12.6. The third-order valence-corrected chi connectivity index (χ3v) is 6.89. The van der Waals surface area contributed by atoms with Gasteiger partial charge in [0.15, 0.2) is 0 Å². The SMILES string of the molecule is NC(=O)c1cccc(OCCCN(CC(c2ccccc2)c2ccccc2)C2CCCCC2)c1. The van der Waals surface area contributed by atoms with E-state index in [-0.39, 0.29) is 0 Å². The van der Waals surface area contributed by atoms with Crippen LogP contribution in [0.25, 0.3) is 0 Å². The largest absolute Gasteiger partial charge is 0.494 e. The number of amides is 1. The Bertz CT molecular complexity index is 977. The highest BCUT2D eigenvalue weighted by Crippen LogP contribution is 2.30. The van der Waals surface area contributed by atoms with Gasteiger partial charge in [0.25, 0.3) is 0 Å². The molecule has 1 aliphatic carbocycles. The fraction of sp³-hybridized carbons (Fsp3) is 0.367. The molecule has 178 valence electrons. The van der Waals surface area contributed by atoms with Gasteiger partial charge in [0.2, 0.25) is 5.91 Å². The highest BCUT2D eigenvalue weighted by Gasteiger charge is 2.25. The van der Waals surface area contributed by atoms with E-state index < -0.39 is 5.91 Å². The molecule has 4 heteroatoms. The molecule has 1 aliphatic rings. The molecule has 0 radical (unpaired) electrons. The molecule has 0 heterocycles. The summed E-state index contributed by atoms with van der Waals surface area (Å²) in [4.78, 5) is 14.1. The maximum absolute atomic E-state index is 11.4. The van der Waals surface area contributed by atoms with E-state index in [4.69, 9.17) is 10.5 Å². The number of ether oxygens (including phenoxy) is 1. The van der Waals surface area contributed by atoms with Crippen LogP contribution in [0.4, 0.5) is 0 Å². The summed E-state index contributed by atoms with van der Waals surface area (Å²) in [5.74, 6) is 0.617. The van der Waals surface area contributed by atoms with Crippen molar-refractivity contribution >= 4 is 5.91 Å².